The summed E-state index contributed by atoms with van der Waals surface area (Å²) in [5.74, 6) is 0. The van der Waals surface area contributed by atoms with E-state index in [0.29, 0.717) is 5.69 Å². The second-order valence-electron chi connectivity index (χ2n) is 5.04. The molecule has 0 spiro atoms. The van der Waals surface area contributed by atoms with Crippen molar-refractivity contribution in [1.82, 2.24) is 20.0 Å². The zero-order chi connectivity index (χ0) is 14.4. The molecule has 0 aliphatic rings. The van der Waals surface area contributed by atoms with E-state index in [9.17, 15) is 0 Å². The van der Waals surface area contributed by atoms with Crippen molar-refractivity contribution in [3.63, 3.8) is 0 Å². The van der Waals surface area contributed by atoms with Gasteiger partial charge < -0.3 is 5.73 Å². The van der Waals surface area contributed by atoms with Gasteiger partial charge in [0.15, 0.2) is 0 Å². The van der Waals surface area contributed by atoms with Gasteiger partial charge in [-0.05, 0) is 37.3 Å². The van der Waals surface area contributed by atoms with E-state index in [1.165, 1.54) is 0 Å². The van der Waals surface area contributed by atoms with Crippen molar-refractivity contribution in [2.75, 3.05) is 5.73 Å². The Bertz CT molecular complexity index is 971. The molecule has 2 heterocycles. The molecule has 2 N–H and O–H groups in total. The Hall–Kier alpha value is -2.95. The number of fused-ring (bicyclic) bond motifs is 2. The Kier molecular flexibility index (Phi) is 2.41. The van der Waals surface area contributed by atoms with Gasteiger partial charge in [-0.15, -0.1) is 5.10 Å². The highest BCUT2D eigenvalue weighted by Crippen LogP contribution is 2.28. The lowest BCUT2D eigenvalue weighted by molar-refractivity contribution is 0.829. The van der Waals surface area contributed by atoms with Gasteiger partial charge in [0.25, 0.3) is 0 Å². The van der Waals surface area contributed by atoms with Crippen molar-refractivity contribution in [3.05, 3.63) is 54.4 Å². The second-order valence-corrected chi connectivity index (χ2v) is 5.04. The molecule has 0 radical (unpaired) electrons. The minimum absolute atomic E-state index is 0.714. The number of anilines is 1. The number of hydrogen-bond donors (Lipinski definition) is 1. The Morgan fingerprint density at radius 3 is 2.81 bits per heavy atom. The standard InChI is InChI=1S/C16H13N5/c1-10-8-11-12(9-18-10)13(17)6-7-15(11)21-16-5-3-2-4-14(16)19-20-21/h2-9H,17H2,1H3. The number of nitrogens with zero attached hydrogens (tertiary/aromatic N) is 4. The van der Waals surface area contributed by atoms with Gasteiger partial charge in [0, 0.05) is 28.4 Å². The Labute approximate surface area is 121 Å². The first-order chi connectivity index (χ1) is 10.2. The molecule has 5 nitrogen and oxygen atoms in total. The minimum atomic E-state index is 0.714. The maximum absolute atomic E-state index is 6.06. The fourth-order valence-electron chi connectivity index (χ4n) is 2.58. The molecule has 4 rings (SSSR count). The van der Waals surface area contributed by atoms with Crippen molar-refractivity contribution in [1.29, 1.82) is 0 Å². The lowest BCUT2D eigenvalue weighted by Crippen LogP contribution is -2.00. The van der Waals surface area contributed by atoms with Crippen LogP contribution >= 0.6 is 0 Å². The van der Waals surface area contributed by atoms with Gasteiger partial charge in [0.1, 0.15) is 5.52 Å². The molecule has 0 atom stereocenters. The number of aryl methyl sites for hydroxylation is 1. The van der Waals surface area contributed by atoms with E-state index in [1.807, 2.05) is 60.3 Å². The highest BCUT2D eigenvalue weighted by molar-refractivity contribution is 5.98. The van der Waals surface area contributed by atoms with E-state index in [-0.39, 0.29) is 0 Å². The summed E-state index contributed by atoms with van der Waals surface area (Å²) in [4.78, 5) is 4.33. The number of nitrogen functional groups attached to an aromatic ring is 1. The molecule has 0 unspecified atom stereocenters. The first-order valence-corrected chi connectivity index (χ1v) is 6.70. The summed E-state index contributed by atoms with van der Waals surface area (Å²) in [5.41, 5.74) is 10.5. The summed E-state index contributed by atoms with van der Waals surface area (Å²) in [7, 11) is 0. The van der Waals surface area contributed by atoms with E-state index >= 15 is 0 Å². The van der Waals surface area contributed by atoms with Crippen LogP contribution in [0.25, 0.3) is 27.5 Å². The molecular weight excluding hydrogens is 262 g/mol. The Morgan fingerprint density at radius 1 is 1.05 bits per heavy atom. The lowest BCUT2D eigenvalue weighted by Gasteiger charge is -2.09. The molecule has 0 aliphatic heterocycles. The molecule has 2 aromatic heterocycles. The van der Waals surface area contributed by atoms with Crippen molar-refractivity contribution in [2.45, 2.75) is 6.92 Å². The van der Waals surface area contributed by atoms with Crippen molar-refractivity contribution < 1.29 is 0 Å². The molecule has 0 fully saturated rings. The third-order valence-corrected chi connectivity index (χ3v) is 3.63. The van der Waals surface area contributed by atoms with E-state index in [4.69, 9.17) is 5.73 Å². The lowest BCUT2D eigenvalue weighted by atomic mass is 10.1. The Morgan fingerprint density at radius 2 is 1.90 bits per heavy atom. The monoisotopic (exact) mass is 275 g/mol. The van der Waals surface area contributed by atoms with Crippen LogP contribution in [-0.2, 0) is 0 Å². The minimum Gasteiger partial charge on any atom is -0.398 e. The summed E-state index contributed by atoms with van der Waals surface area (Å²) >= 11 is 0. The van der Waals surface area contributed by atoms with Crippen LogP contribution in [0.2, 0.25) is 0 Å². The topological polar surface area (TPSA) is 69.6 Å². The van der Waals surface area contributed by atoms with Crippen molar-refractivity contribution >= 4 is 27.5 Å². The molecule has 5 heteroatoms. The van der Waals surface area contributed by atoms with Crippen LogP contribution in [0.1, 0.15) is 5.69 Å². The van der Waals surface area contributed by atoms with Crippen LogP contribution in [0, 0.1) is 6.92 Å². The van der Waals surface area contributed by atoms with Crippen LogP contribution in [0.3, 0.4) is 0 Å². The molecule has 21 heavy (non-hydrogen) atoms. The number of benzene rings is 2. The molecule has 102 valence electrons. The highest BCUT2D eigenvalue weighted by atomic mass is 15.4. The normalized spacial score (nSPS) is 11.3. The highest BCUT2D eigenvalue weighted by Gasteiger charge is 2.11. The molecule has 0 saturated carbocycles. The van der Waals surface area contributed by atoms with E-state index in [2.05, 4.69) is 15.3 Å². The van der Waals surface area contributed by atoms with E-state index in [1.54, 1.807) is 0 Å². The van der Waals surface area contributed by atoms with Crippen LogP contribution in [0.4, 0.5) is 5.69 Å². The maximum atomic E-state index is 6.06. The molecular formula is C16H13N5. The van der Waals surface area contributed by atoms with Gasteiger partial charge >= 0.3 is 0 Å². The van der Waals surface area contributed by atoms with Crippen molar-refractivity contribution in [2.24, 2.45) is 0 Å². The van der Waals surface area contributed by atoms with Gasteiger partial charge in [-0.25, -0.2) is 4.68 Å². The molecule has 0 aliphatic carbocycles. The fourth-order valence-corrected chi connectivity index (χ4v) is 2.58. The number of rotatable bonds is 1. The number of hydrogen-bond acceptors (Lipinski definition) is 4. The predicted octanol–water partition coefficient (Wildman–Crippen LogP) is 2.86. The molecule has 0 bridgehead atoms. The van der Waals surface area contributed by atoms with Crippen LogP contribution < -0.4 is 5.73 Å². The summed E-state index contributed by atoms with van der Waals surface area (Å²) in [5, 5.41) is 10.4. The second kappa shape index (κ2) is 4.28. The smallest absolute Gasteiger partial charge is 0.113 e. The van der Waals surface area contributed by atoms with E-state index < -0.39 is 0 Å². The zero-order valence-electron chi connectivity index (χ0n) is 11.5. The molecule has 0 saturated heterocycles. The first-order valence-electron chi connectivity index (χ1n) is 6.70. The van der Waals surface area contributed by atoms with Crippen LogP contribution in [-0.4, -0.2) is 20.0 Å². The largest absolute Gasteiger partial charge is 0.398 e. The Balaban J connectivity index is 2.11. The van der Waals surface area contributed by atoms with Crippen LogP contribution in [0.15, 0.2) is 48.7 Å². The first kappa shape index (κ1) is 11.8. The van der Waals surface area contributed by atoms with Gasteiger partial charge in [0.05, 0.1) is 11.2 Å². The number of nitrogens with two attached hydrogens (primary N) is 1. The van der Waals surface area contributed by atoms with Gasteiger partial charge in [-0.3, -0.25) is 4.98 Å². The SMILES string of the molecule is Cc1cc2c(-n3nnc4ccccc43)ccc(N)c2cn1. The molecule has 4 aromatic rings. The fraction of sp³-hybridized carbons (Fsp3) is 0.0625. The predicted molar refractivity (Wildman–Crippen MR) is 83.3 cm³/mol. The number of para-hydroxylation sites is 1. The van der Waals surface area contributed by atoms with Gasteiger partial charge in [0.2, 0.25) is 0 Å². The van der Waals surface area contributed by atoms with Gasteiger partial charge in [-0.2, -0.15) is 0 Å². The van der Waals surface area contributed by atoms with Crippen molar-refractivity contribution in [3.8, 4) is 5.69 Å². The number of aromatic nitrogens is 4. The average molecular weight is 275 g/mol. The quantitative estimate of drug-likeness (QED) is 0.542. The summed E-state index contributed by atoms with van der Waals surface area (Å²) < 4.78 is 1.84. The summed E-state index contributed by atoms with van der Waals surface area (Å²) in [6.45, 7) is 1.96. The summed E-state index contributed by atoms with van der Waals surface area (Å²) in [6, 6.07) is 13.8. The third-order valence-electron chi connectivity index (χ3n) is 3.63. The zero-order valence-corrected chi connectivity index (χ0v) is 11.5. The molecule has 0 amide bonds. The van der Waals surface area contributed by atoms with Crippen LogP contribution in [0.5, 0.6) is 0 Å². The average Bonchev–Trinajstić information content (AvgIpc) is 2.91. The third kappa shape index (κ3) is 1.74. The number of pyridine rings is 1. The summed E-state index contributed by atoms with van der Waals surface area (Å²) in [6.07, 6.45) is 1.81. The van der Waals surface area contributed by atoms with Gasteiger partial charge in [-0.1, -0.05) is 17.3 Å². The maximum Gasteiger partial charge on any atom is 0.113 e. The van der Waals surface area contributed by atoms with E-state index in [0.717, 1.165) is 33.2 Å². The molecule has 2 aromatic carbocycles.